The summed E-state index contributed by atoms with van der Waals surface area (Å²) in [5.74, 6) is 1.64. The van der Waals surface area contributed by atoms with E-state index in [4.69, 9.17) is 4.74 Å². The van der Waals surface area contributed by atoms with Crippen LogP contribution in [0.25, 0.3) is 0 Å². The molecule has 3 heteroatoms. The molecule has 0 radical (unpaired) electrons. The zero-order valence-corrected chi connectivity index (χ0v) is 13.6. The average Bonchev–Trinajstić information content (AvgIpc) is 2.61. The summed E-state index contributed by atoms with van der Waals surface area (Å²) in [7, 11) is 0. The Labute approximate surface area is 137 Å². The number of aryl methyl sites for hydroxylation is 1. The summed E-state index contributed by atoms with van der Waals surface area (Å²) in [6.07, 6.45) is 5.70. The first kappa shape index (κ1) is 15.7. The first-order valence-electron chi connectivity index (χ1n) is 8.38. The van der Waals surface area contributed by atoms with E-state index in [0.29, 0.717) is 29.9 Å². The highest BCUT2D eigenvalue weighted by Crippen LogP contribution is 2.38. The van der Waals surface area contributed by atoms with E-state index in [1.165, 1.54) is 31.2 Å². The Bertz CT molecular complexity index is 654. The number of pyridine rings is 1. The Morgan fingerprint density at radius 3 is 2.70 bits per heavy atom. The number of benzene rings is 1. The van der Waals surface area contributed by atoms with Crippen LogP contribution in [0.15, 0.2) is 42.5 Å². The molecule has 0 aliphatic heterocycles. The van der Waals surface area contributed by atoms with Gasteiger partial charge in [0.05, 0.1) is 6.61 Å². The lowest BCUT2D eigenvalue weighted by atomic mass is 9.76. The number of nitrogens with zero attached hydrogens (tertiary/aromatic N) is 1. The van der Waals surface area contributed by atoms with Gasteiger partial charge in [-0.1, -0.05) is 43.2 Å². The molecule has 1 fully saturated rings. The quantitative estimate of drug-likeness (QED) is 0.760. The van der Waals surface area contributed by atoms with Gasteiger partial charge >= 0.3 is 0 Å². The third-order valence-electron chi connectivity index (χ3n) is 4.73. The van der Waals surface area contributed by atoms with Gasteiger partial charge in [0.25, 0.3) is 0 Å². The maximum absolute atomic E-state index is 11.2. The minimum Gasteiger partial charge on any atom is -0.491 e. The molecule has 23 heavy (non-hydrogen) atoms. The Kier molecular flexibility index (Phi) is 5.06. The van der Waals surface area contributed by atoms with Gasteiger partial charge < -0.3 is 4.74 Å². The van der Waals surface area contributed by atoms with Crippen LogP contribution in [0.1, 0.15) is 53.3 Å². The van der Waals surface area contributed by atoms with Gasteiger partial charge in [-0.05, 0) is 49.3 Å². The largest absolute Gasteiger partial charge is 0.491 e. The van der Waals surface area contributed by atoms with E-state index in [0.717, 1.165) is 12.0 Å². The van der Waals surface area contributed by atoms with Crippen molar-refractivity contribution < 1.29 is 9.53 Å². The van der Waals surface area contributed by atoms with Gasteiger partial charge in [-0.15, -0.1) is 0 Å². The fourth-order valence-electron chi connectivity index (χ4n) is 3.51. The number of ether oxygens (including phenoxy) is 1. The Hall–Kier alpha value is -2.16. The smallest absolute Gasteiger partial charge is 0.172 e. The number of carbonyl (C=O) groups is 1. The van der Waals surface area contributed by atoms with Gasteiger partial charge in [0, 0.05) is 5.69 Å². The van der Waals surface area contributed by atoms with Gasteiger partial charge in [0.15, 0.2) is 6.29 Å². The van der Waals surface area contributed by atoms with Crippen molar-refractivity contribution in [3.05, 3.63) is 59.4 Å². The van der Waals surface area contributed by atoms with E-state index in [1.807, 2.05) is 19.1 Å². The first-order chi connectivity index (χ1) is 11.3. The summed E-state index contributed by atoms with van der Waals surface area (Å²) in [5.41, 5.74) is 2.63. The molecule has 1 aromatic heterocycles. The lowest BCUT2D eigenvalue weighted by Crippen LogP contribution is -2.24. The van der Waals surface area contributed by atoms with E-state index in [1.54, 1.807) is 0 Å². The average molecular weight is 309 g/mol. The van der Waals surface area contributed by atoms with Crippen LogP contribution in [0.2, 0.25) is 0 Å². The highest BCUT2D eigenvalue weighted by molar-refractivity contribution is 5.76. The molecule has 2 unspecified atom stereocenters. The summed E-state index contributed by atoms with van der Waals surface area (Å²) in [6, 6.07) is 14.4. The van der Waals surface area contributed by atoms with E-state index in [9.17, 15) is 4.79 Å². The molecule has 3 rings (SSSR count). The summed E-state index contributed by atoms with van der Waals surface area (Å²) >= 11 is 0. The lowest BCUT2D eigenvalue weighted by Gasteiger charge is -2.32. The van der Waals surface area contributed by atoms with E-state index >= 15 is 0 Å². The highest BCUT2D eigenvalue weighted by Gasteiger charge is 2.27. The van der Waals surface area contributed by atoms with Crippen molar-refractivity contribution in [3.63, 3.8) is 0 Å². The standard InChI is InChI=1S/C20H23NO2/c1-15-11-12-20(19(13-22)21-15)23-14-17-9-5-6-10-18(17)16-7-3-2-4-8-16/h2-4,7-8,11-13,17-18H,5-6,9-10,14H2,1H3. The van der Waals surface area contributed by atoms with E-state index < -0.39 is 0 Å². The van der Waals surface area contributed by atoms with Crippen molar-refractivity contribution in [1.29, 1.82) is 0 Å². The van der Waals surface area contributed by atoms with Crippen molar-refractivity contribution in [2.75, 3.05) is 6.61 Å². The Morgan fingerprint density at radius 1 is 1.13 bits per heavy atom. The number of carbonyl (C=O) groups excluding carboxylic acids is 1. The molecule has 0 saturated heterocycles. The van der Waals surface area contributed by atoms with Crippen LogP contribution < -0.4 is 4.74 Å². The predicted molar refractivity (Wildman–Crippen MR) is 91.0 cm³/mol. The zero-order valence-electron chi connectivity index (χ0n) is 13.6. The summed E-state index contributed by atoms with van der Waals surface area (Å²) in [4.78, 5) is 15.4. The molecule has 1 aromatic carbocycles. The highest BCUT2D eigenvalue weighted by atomic mass is 16.5. The maximum atomic E-state index is 11.2. The molecular weight excluding hydrogens is 286 g/mol. The molecular formula is C20H23NO2. The van der Waals surface area contributed by atoms with Crippen molar-refractivity contribution in [2.45, 2.75) is 38.5 Å². The van der Waals surface area contributed by atoms with Crippen LogP contribution in [0, 0.1) is 12.8 Å². The molecule has 1 heterocycles. The van der Waals surface area contributed by atoms with Crippen molar-refractivity contribution >= 4 is 6.29 Å². The van der Waals surface area contributed by atoms with Crippen LogP contribution in [0.4, 0.5) is 0 Å². The number of hydrogen-bond donors (Lipinski definition) is 0. The van der Waals surface area contributed by atoms with Gasteiger partial charge in [-0.3, -0.25) is 4.79 Å². The molecule has 0 bridgehead atoms. The minimum absolute atomic E-state index is 0.400. The van der Waals surface area contributed by atoms with Gasteiger partial charge in [0.1, 0.15) is 11.4 Å². The molecule has 3 nitrogen and oxygen atoms in total. The van der Waals surface area contributed by atoms with Crippen LogP contribution in [0.5, 0.6) is 5.75 Å². The molecule has 1 aliphatic carbocycles. The summed E-state index contributed by atoms with van der Waals surface area (Å²) in [6.45, 7) is 2.52. The monoisotopic (exact) mass is 309 g/mol. The fourth-order valence-corrected chi connectivity index (χ4v) is 3.51. The van der Waals surface area contributed by atoms with E-state index in [-0.39, 0.29) is 0 Å². The number of hydrogen-bond acceptors (Lipinski definition) is 3. The SMILES string of the molecule is Cc1ccc(OCC2CCCCC2c2ccccc2)c(C=O)n1. The molecule has 120 valence electrons. The van der Waals surface area contributed by atoms with Crippen molar-refractivity contribution in [1.82, 2.24) is 4.98 Å². The van der Waals surface area contributed by atoms with Crippen LogP contribution >= 0.6 is 0 Å². The van der Waals surface area contributed by atoms with Gasteiger partial charge in [-0.25, -0.2) is 4.98 Å². The summed E-state index contributed by atoms with van der Waals surface area (Å²) in [5, 5.41) is 0. The van der Waals surface area contributed by atoms with Gasteiger partial charge in [-0.2, -0.15) is 0 Å². The van der Waals surface area contributed by atoms with Crippen LogP contribution in [0.3, 0.4) is 0 Å². The van der Waals surface area contributed by atoms with Crippen molar-refractivity contribution in [3.8, 4) is 5.75 Å². The maximum Gasteiger partial charge on any atom is 0.172 e. The molecule has 0 spiro atoms. The molecule has 1 saturated carbocycles. The van der Waals surface area contributed by atoms with Crippen molar-refractivity contribution in [2.24, 2.45) is 5.92 Å². The minimum atomic E-state index is 0.400. The van der Waals surface area contributed by atoms with E-state index in [2.05, 4.69) is 35.3 Å². The Balaban J connectivity index is 1.72. The molecule has 2 atom stereocenters. The molecule has 0 N–H and O–H groups in total. The fraction of sp³-hybridized carbons (Fsp3) is 0.400. The second kappa shape index (κ2) is 7.40. The number of rotatable bonds is 5. The Morgan fingerprint density at radius 2 is 1.91 bits per heavy atom. The van der Waals surface area contributed by atoms with Gasteiger partial charge in [0.2, 0.25) is 0 Å². The van der Waals surface area contributed by atoms with Crippen LogP contribution in [-0.4, -0.2) is 17.9 Å². The third kappa shape index (κ3) is 3.79. The molecule has 1 aliphatic rings. The number of aromatic nitrogens is 1. The topological polar surface area (TPSA) is 39.2 Å². The lowest BCUT2D eigenvalue weighted by molar-refractivity contribution is 0.111. The second-order valence-corrected chi connectivity index (χ2v) is 6.33. The summed E-state index contributed by atoms with van der Waals surface area (Å²) < 4.78 is 5.98. The molecule has 0 amide bonds. The third-order valence-corrected chi connectivity index (χ3v) is 4.73. The normalized spacial score (nSPS) is 20.9. The first-order valence-corrected chi connectivity index (χ1v) is 8.38. The predicted octanol–water partition coefficient (Wildman–Crippen LogP) is 4.56. The van der Waals surface area contributed by atoms with Crippen LogP contribution in [-0.2, 0) is 0 Å². The molecule has 2 aromatic rings. The zero-order chi connectivity index (χ0) is 16.1. The number of aldehydes is 1. The second-order valence-electron chi connectivity index (χ2n) is 6.33.